The first-order valence-corrected chi connectivity index (χ1v) is 13.2. The van der Waals surface area contributed by atoms with Gasteiger partial charge < -0.3 is 25.0 Å². The smallest absolute Gasteiger partial charge is 0.407 e. The van der Waals surface area contributed by atoms with E-state index in [-0.39, 0.29) is 57.6 Å². The molecule has 0 bridgehead atoms. The van der Waals surface area contributed by atoms with E-state index < -0.39 is 18.6 Å². The zero-order valence-corrected chi connectivity index (χ0v) is 22.5. The summed E-state index contributed by atoms with van der Waals surface area (Å²) in [5, 5.41) is 20.8. The number of likely N-dealkylation sites (tertiary alicyclic amines) is 2. The van der Waals surface area contributed by atoms with Gasteiger partial charge in [0.2, 0.25) is 5.91 Å². The van der Waals surface area contributed by atoms with Crippen molar-refractivity contribution in [1.29, 1.82) is 0 Å². The highest BCUT2D eigenvalue weighted by molar-refractivity contribution is 6.31. The highest BCUT2D eigenvalue weighted by Crippen LogP contribution is 2.37. The van der Waals surface area contributed by atoms with Gasteiger partial charge in [-0.2, -0.15) is 19.0 Å². The van der Waals surface area contributed by atoms with E-state index in [1.54, 1.807) is 17.2 Å². The van der Waals surface area contributed by atoms with Gasteiger partial charge in [-0.1, -0.05) is 11.6 Å². The Hall–Kier alpha value is -4.79. The number of carbonyl (C=O) groups excluding carboxylic acids is 2. The Morgan fingerprint density at radius 3 is 2.60 bits per heavy atom. The van der Waals surface area contributed by atoms with Gasteiger partial charge in [0.1, 0.15) is 23.6 Å². The van der Waals surface area contributed by atoms with Crippen molar-refractivity contribution < 1.29 is 33.0 Å². The van der Waals surface area contributed by atoms with Crippen LogP contribution >= 0.6 is 11.6 Å². The number of carboxylic acid groups (broad SMARTS) is 1. The third kappa shape index (κ3) is 5.30. The minimum atomic E-state index is -3.14. The highest BCUT2D eigenvalue weighted by atomic mass is 35.5. The molecular formula is C26H23ClF2N8O5. The molecule has 2 saturated heterocycles. The van der Waals surface area contributed by atoms with Gasteiger partial charge in [0.15, 0.2) is 5.65 Å². The second-order valence-corrected chi connectivity index (χ2v) is 10.5. The number of amides is 3. The number of nitrogens with one attached hydrogen (secondary N) is 1. The maximum atomic E-state index is 13.3. The first kappa shape index (κ1) is 27.4. The summed E-state index contributed by atoms with van der Waals surface area (Å²) in [5.41, 5.74) is 0.685. The fourth-order valence-corrected chi connectivity index (χ4v) is 5.62. The maximum Gasteiger partial charge on any atom is 0.407 e. The van der Waals surface area contributed by atoms with Gasteiger partial charge >= 0.3 is 12.7 Å². The predicted octanol–water partition coefficient (Wildman–Crippen LogP) is 3.17. The molecule has 218 valence electrons. The average molecular weight is 601 g/mol. The number of alkyl halides is 2. The van der Waals surface area contributed by atoms with Gasteiger partial charge in [0.05, 0.1) is 11.9 Å². The lowest BCUT2D eigenvalue weighted by Crippen LogP contribution is -2.36. The van der Waals surface area contributed by atoms with E-state index >= 15 is 0 Å². The van der Waals surface area contributed by atoms with Gasteiger partial charge in [-0.05, 0) is 24.3 Å². The number of aromatic nitrogens is 5. The van der Waals surface area contributed by atoms with Crippen molar-refractivity contribution in [2.24, 2.45) is 11.8 Å². The summed E-state index contributed by atoms with van der Waals surface area (Å²) in [7, 11) is 0. The first-order chi connectivity index (χ1) is 20.2. The van der Waals surface area contributed by atoms with E-state index in [9.17, 15) is 28.3 Å². The Kier molecular flexibility index (Phi) is 7.10. The van der Waals surface area contributed by atoms with Crippen molar-refractivity contribution in [3.05, 3.63) is 59.6 Å². The molecule has 0 unspecified atom stereocenters. The molecule has 3 amide bonds. The van der Waals surface area contributed by atoms with Crippen LogP contribution in [-0.4, -0.2) is 90.0 Å². The predicted molar refractivity (Wildman–Crippen MR) is 143 cm³/mol. The lowest BCUT2D eigenvalue weighted by Gasteiger charge is -2.20. The highest BCUT2D eigenvalue weighted by Gasteiger charge is 2.43. The van der Waals surface area contributed by atoms with Crippen LogP contribution < -0.4 is 10.1 Å². The molecule has 4 aromatic rings. The van der Waals surface area contributed by atoms with E-state index in [2.05, 4.69) is 25.2 Å². The van der Waals surface area contributed by atoms with E-state index in [1.807, 2.05) is 0 Å². The van der Waals surface area contributed by atoms with E-state index in [0.29, 0.717) is 31.8 Å². The lowest BCUT2D eigenvalue weighted by molar-refractivity contribution is -0.131. The summed E-state index contributed by atoms with van der Waals surface area (Å²) in [6.45, 7) is -1.80. The quantitative estimate of drug-likeness (QED) is 0.329. The summed E-state index contributed by atoms with van der Waals surface area (Å²) in [5.74, 6) is -0.986. The van der Waals surface area contributed by atoms with Crippen molar-refractivity contribution in [2.45, 2.75) is 13.2 Å². The normalized spacial score (nSPS) is 18.1. The standard InChI is InChI=1S/C26H23ClF2N8O5/c27-16-2-3-20(42-25(28)29)17(6-16)22-19(32-24(39)18-7-31-37-5-1-4-30-23(18)37)12-36(33-22)13-21(38)34-8-14-10-35(26(40)41)11-15(14)9-34/h1-7,12,14-15,25H,8-11,13H2,(H,32,39)(H,40,41)/t14-,15+. The number of halogens is 3. The van der Waals surface area contributed by atoms with Crippen LogP contribution in [0.15, 0.2) is 49.1 Å². The number of carbonyl (C=O) groups is 3. The van der Waals surface area contributed by atoms with E-state index in [1.165, 1.54) is 50.9 Å². The Morgan fingerprint density at radius 2 is 1.88 bits per heavy atom. The second-order valence-electron chi connectivity index (χ2n) is 10.0. The van der Waals surface area contributed by atoms with Crippen molar-refractivity contribution >= 4 is 40.8 Å². The molecule has 6 rings (SSSR count). The fraction of sp³-hybridized carbons (Fsp3) is 0.308. The van der Waals surface area contributed by atoms with Gasteiger partial charge in [0, 0.05) is 67.2 Å². The number of rotatable bonds is 7. The maximum absolute atomic E-state index is 13.3. The molecule has 3 aromatic heterocycles. The zero-order chi connectivity index (χ0) is 29.5. The molecule has 2 fully saturated rings. The number of benzene rings is 1. The van der Waals surface area contributed by atoms with Crippen LogP contribution in [0.3, 0.4) is 0 Å². The molecule has 1 aromatic carbocycles. The topological polar surface area (TPSA) is 147 Å². The second kappa shape index (κ2) is 10.9. The third-order valence-corrected chi connectivity index (χ3v) is 7.59. The molecule has 2 atom stereocenters. The Balaban J connectivity index is 1.29. The molecule has 13 nitrogen and oxygen atoms in total. The van der Waals surface area contributed by atoms with Crippen molar-refractivity contribution in [1.82, 2.24) is 34.2 Å². The lowest BCUT2D eigenvalue weighted by atomic mass is 10.0. The molecule has 2 aliphatic rings. The molecule has 0 spiro atoms. The first-order valence-electron chi connectivity index (χ1n) is 12.8. The van der Waals surface area contributed by atoms with Crippen molar-refractivity contribution in [3.63, 3.8) is 0 Å². The van der Waals surface area contributed by atoms with Crippen LogP contribution in [0.25, 0.3) is 16.9 Å². The molecule has 16 heteroatoms. The van der Waals surface area contributed by atoms with Crippen molar-refractivity contribution in [3.8, 4) is 17.0 Å². The van der Waals surface area contributed by atoms with E-state index in [4.69, 9.17) is 11.6 Å². The largest absolute Gasteiger partial charge is 0.465 e. The van der Waals surface area contributed by atoms with Gasteiger partial charge in [-0.25, -0.2) is 14.3 Å². The summed E-state index contributed by atoms with van der Waals surface area (Å²) in [6.07, 6.45) is 4.91. The number of anilines is 1. The number of nitrogens with zero attached hydrogens (tertiary/aromatic N) is 7. The molecule has 5 heterocycles. The molecule has 2 N–H and O–H groups in total. The molecule has 0 aliphatic carbocycles. The van der Waals surface area contributed by atoms with Gasteiger partial charge in [0.25, 0.3) is 5.91 Å². The van der Waals surface area contributed by atoms with Crippen LogP contribution in [-0.2, 0) is 11.3 Å². The summed E-state index contributed by atoms with van der Waals surface area (Å²) < 4.78 is 33.9. The van der Waals surface area contributed by atoms with Gasteiger partial charge in [-0.3, -0.25) is 14.3 Å². The van der Waals surface area contributed by atoms with E-state index in [0.717, 1.165) is 0 Å². The summed E-state index contributed by atoms with van der Waals surface area (Å²) in [6, 6.07) is 5.66. The minimum Gasteiger partial charge on any atom is -0.465 e. The SMILES string of the molecule is O=C(Nc1cn(CC(=O)N2C[C@H]3CN(C(=O)O)C[C@H]3C2)nc1-c1cc(Cl)ccc1OC(F)F)c1cnn2cccnc12. The molecule has 2 aliphatic heterocycles. The molecule has 0 radical (unpaired) electrons. The molecule has 0 saturated carbocycles. The zero-order valence-electron chi connectivity index (χ0n) is 21.7. The van der Waals surface area contributed by atoms with Crippen LogP contribution in [0.1, 0.15) is 10.4 Å². The van der Waals surface area contributed by atoms with Crippen LogP contribution in [0.2, 0.25) is 5.02 Å². The molecular weight excluding hydrogens is 578 g/mol. The van der Waals surface area contributed by atoms with Gasteiger partial charge in [-0.15, -0.1) is 0 Å². The average Bonchev–Trinajstić information content (AvgIpc) is 3.71. The van der Waals surface area contributed by atoms with Crippen molar-refractivity contribution in [2.75, 3.05) is 31.5 Å². The van der Waals surface area contributed by atoms with Crippen LogP contribution in [0, 0.1) is 11.8 Å². The Labute approximate surface area is 241 Å². The fourth-order valence-electron chi connectivity index (χ4n) is 5.45. The third-order valence-electron chi connectivity index (χ3n) is 7.35. The monoisotopic (exact) mass is 600 g/mol. The summed E-state index contributed by atoms with van der Waals surface area (Å²) in [4.78, 5) is 45.0. The van der Waals surface area contributed by atoms with Crippen LogP contribution in [0.5, 0.6) is 5.75 Å². The number of hydrogen-bond acceptors (Lipinski definition) is 7. The number of hydrogen-bond donors (Lipinski definition) is 2. The summed E-state index contributed by atoms with van der Waals surface area (Å²) >= 11 is 6.18. The Bertz CT molecular complexity index is 1680. The Morgan fingerprint density at radius 1 is 1.14 bits per heavy atom. The number of fused-ring (bicyclic) bond motifs is 2. The van der Waals surface area contributed by atoms with Crippen LogP contribution in [0.4, 0.5) is 19.3 Å². The minimum absolute atomic E-state index is 0.0491. The molecule has 42 heavy (non-hydrogen) atoms. The number of ether oxygens (including phenoxy) is 1.